The van der Waals surface area contributed by atoms with Crippen LogP contribution in [0.2, 0.25) is 0 Å². The molecule has 0 bridgehead atoms. The fourth-order valence-corrected chi connectivity index (χ4v) is 3.43. The molecule has 3 nitrogen and oxygen atoms in total. The van der Waals surface area contributed by atoms with Crippen LogP contribution in [0.1, 0.15) is 43.5 Å². The van der Waals surface area contributed by atoms with Crippen LogP contribution in [-0.4, -0.2) is 28.0 Å². The monoisotopic (exact) mass is 231 g/mol. The second-order valence-corrected chi connectivity index (χ2v) is 5.82. The van der Waals surface area contributed by atoms with Crippen LogP contribution in [0.15, 0.2) is 12.4 Å². The number of nitrogens with zero attached hydrogens (tertiary/aromatic N) is 3. The average Bonchev–Trinajstić information content (AvgIpc) is 2.94. The minimum atomic E-state index is 0.665. The molecular formula is C14H21N3. The quantitative estimate of drug-likeness (QED) is 0.783. The summed E-state index contributed by atoms with van der Waals surface area (Å²) < 4.78 is 0. The van der Waals surface area contributed by atoms with Gasteiger partial charge in [0.2, 0.25) is 0 Å². The highest BCUT2D eigenvalue weighted by Gasteiger charge is 2.39. The normalized spacial score (nSPS) is 23.6. The molecule has 2 heterocycles. The lowest BCUT2D eigenvalue weighted by atomic mass is 9.86. The van der Waals surface area contributed by atoms with Gasteiger partial charge in [-0.05, 0) is 38.1 Å². The van der Waals surface area contributed by atoms with Gasteiger partial charge in [0.05, 0.1) is 11.4 Å². The number of likely N-dealkylation sites (tertiary alicyclic amines) is 1. The summed E-state index contributed by atoms with van der Waals surface area (Å²) in [5, 5.41) is 0. The molecule has 0 N–H and O–H groups in total. The number of aromatic nitrogens is 2. The molecule has 2 aliphatic rings. The second-order valence-electron chi connectivity index (χ2n) is 5.82. The summed E-state index contributed by atoms with van der Waals surface area (Å²) in [6, 6.07) is 0. The van der Waals surface area contributed by atoms with Gasteiger partial charge in [0.25, 0.3) is 0 Å². The van der Waals surface area contributed by atoms with E-state index in [1.54, 1.807) is 0 Å². The molecular weight excluding hydrogens is 210 g/mol. The predicted octanol–water partition coefficient (Wildman–Crippen LogP) is 2.55. The molecule has 0 atom stereocenters. The molecule has 0 radical (unpaired) electrons. The van der Waals surface area contributed by atoms with Crippen molar-refractivity contribution in [3.63, 3.8) is 0 Å². The van der Waals surface area contributed by atoms with E-state index >= 15 is 0 Å². The van der Waals surface area contributed by atoms with Gasteiger partial charge >= 0.3 is 0 Å². The Morgan fingerprint density at radius 1 is 1.18 bits per heavy atom. The van der Waals surface area contributed by atoms with E-state index in [1.165, 1.54) is 45.2 Å². The molecule has 1 saturated carbocycles. The van der Waals surface area contributed by atoms with Gasteiger partial charge in [0, 0.05) is 25.5 Å². The number of aryl methyl sites for hydroxylation is 1. The van der Waals surface area contributed by atoms with Crippen molar-refractivity contribution in [3.8, 4) is 0 Å². The van der Waals surface area contributed by atoms with Gasteiger partial charge < -0.3 is 0 Å². The Kier molecular flexibility index (Phi) is 2.87. The van der Waals surface area contributed by atoms with E-state index in [4.69, 9.17) is 0 Å². The smallest absolute Gasteiger partial charge is 0.0727 e. The van der Waals surface area contributed by atoms with Crippen LogP contribution in [0.3, 0.4) is 0 Å². The van der Waals surface area contributed by atoms with Crippen molar-refractivity contribution in [2.45, 2.75) is 45.6 Å². The highest BCUT2D eigenvalue weighted by Crippen LogP contribution is 2.45. The molecule has 0 aromatic carbocycles. The van der Waals surface area contributed by atoms with Crippen LogP contribution in [0, 0.1) is 12.3 Å². The predicted molar refractivity (Wildman–Crippen MR) is 67.6 cm³/mol. The first-order valence-electron chi connectivity index (χ1n) is 6.76. The molecule has 1 aliphatic carbocycles. The first-order chi connectivity index (χ1) is 8.26. The van der Waals surface area contributed by atoms with Gasteiger partial charge in [-0.25, -0.2) is 0 Å². The van der Waals surface area contributed by atoms with E-state index in [0.717, 1.165) is 17.9 Å². The van der Waals surface area contributed by atoms with Crippen LogP contribution in [0.5, 0.6) is 0 Å². The summed E-state index contributed by atoms with van der Waals surface area (Å²) in [7, 11) is 0. The number of hydrogen-bond acceptors (Lipinski definition) is 3. The van der Waals surface area contributed by atoms with Gasteiger partial charge in [0.15, 0.2) is 0 Å². The van der Waals surface area contributed by atoms with Crippen LogP contribution in [0.25, 0.3) is 0 Å². The summed E-state index contributed by atoms with van der Waals surface area (Å²) >= 11 is 0. The molecule has 3 rings (SSSR count). The standard InChI is InChI=1S/C14H21N3/c1-12-8-16-13(9-15-12)10-17-7-6-14(11-17)4-2-3-5-14/h8-9H,2-7,10-11H2,1H3. The van der Waals surface area contributed by atoms with Crippen molar-refractivity contribution in [2.75, 3.05) is 13.1 Å². The Bertz CT molecular complexity index is 379. The van der Waals surface area contributed by atoms with Crippen molar-refractivity contribution in [1.29, 1.82) is 0 Å². The molecule has 1 aromatic heterocycles. The van der Waals surface area contributed by atoms with Gasteiger partial charge in [-0.15, -0.1) is 0 Å². The van der Waals surface area contributed by atoms with E-state index in [9.17, 15) is 0 Å². The Morgan fingerprint density at radius 2 is 2.00 bits per heavy atom. The highest BCUT2D eigenvalue weighted by atomic mass is 15.2. The second kappa shape index (κ2) is 4.37. The first kappa shape index (κ1) is 11.1. The van der Waals surface area contributed by atoms with E-state index in [-0.39, 0.29) is 0 Å². The third-order valence-electron chi connectivity index (χ3n) is 4.40. The van der Waals surface area contributed by atoms with Gasteiger partial charge in [0.1, 0.15) is 0 Å². The highest BCUT2D eigenvalue weighted by molar-refractivity contribution is 5.02. The zero-order valence-corrected chi connectivity index (χ0v) is 10.7. The van der Waals surface area contributed by atoms with Gasteiger partial charge in [-0.3, -0.25) is 14.9 Å². The third kappa shape index (κ3) is 2.34. The SMILES string of the molecule is Cc1cnc(CN2CCC3(CCCC3)C2)cn1. The van der Waals surface area contributed by atoms with Crippen molar-refractivity contribution in [3.05, 3.63) is 23.8 Å². The maximum atomic E-state index is 4.45. The lowest BCUT2D eigenvalue weighted by molar-refractivity contribution is 0.254. The molecule has 2 fully saturated rings. The largest absolute Gasteiger partial charge is 0.297 e. The topological polar surface area (TPSA) is 29.0 Å². The first-order valence-corrected chi connectivity index (χ1v) is 6.76. The van der Waals surface area contributed by atoms with E-state index in [2.05, 4.69) is 14.9 Å². The fraction of sp³-hybridized carbons (Fsp3) is 0.714. The van der Waals surface area contributed by atoms with Crippen molar-refractivity contribution in [2.24, 2.45) is 5.41 Å². The minimum absolute atomic E-state index is 0.665. The fourth-order valence-electron chi connectivity index (χ4n) is 3.43. The maximum absolute atomic E-state index is 4.45. The summed E-state index contributed by atoms with van der Waals surface area (Å²) in [4.78, 5) is 11.3. The van der Waals surface area contributed by atoms with Crippen molar-refractivity contribution in [1.82, 2.24) is 14.9 Å². The van der Waals surface area contributed by atoms with E-state index in [0.29, 0.717) is 5.41 Å². The lowest BCUT2D eigenvalue weighted by Gasteiger charge is -2.23. The molecule has 1 spiro atoms. The lowest BCUT2D eigenvalue weighted by Crippen LogP contribution is -2.25. The van der Waals surface area contributed by atoms with E-state index < -0.39 is 0 Å². The average molecular weight is 231 g/mol. The van der Waals surface area contributed by atoms with Gasteiger partial charge in [-0.2, -0.15) is 0 Å². The molecule has 3 heteroatoms. The Hall–Kier alpha value is -0.960. The molecule has 92 valence electrons. The van der Waals surface area contributed by atoms with Crippen LogP contribution >= 0.6 is 0 Å². The van der Waals surface area contributed by atoms with Crippen LogP contribution in [-0.2, 0) is 6.54 Å². The molecule has 1 aromatic rings. The Labute approximate surface area is 103 Å². The summed E-state index contributed by atoms with van der Waals surface area (Å²) in [6.07, 6.45) is 11.0. The molecule has 0 unspecified atom stereocenters. The zero-order chi connectivity index (χ0) is 11.7. The van der Waals surface area contributed by atoms with E-state index in [1.807, 2.05) is 19.3 Å². The number of hydrogen-bond donors (Lipinski definition) is 0. The third-order valence-corrected chi connectivity index (χ3v) is 4.40. The summed E-state index contributed by atoms with van der Waals surface area (Å²) in [5.41, 5.74) is 2.78. The molecule has 0 amide bonds. The van der Waals surface area contributed by atoms with Crippen molar-refractivity contribution >= 4 is 0 Å². The number of rotatable bonds is 2. The summed E-state index contributed by atoms with van der Waals surface area (Å²) in [5.74, 6) is 0. The Morgan fingerprint density at radius 3 is 2.71 bits per heavy atom. The maximum Gasteiger partial charge on any atom is 0.0727 e. The molecule has 1 saturated heterocycles. The van der Waals surface area contributed by atoms with Crippen molar-refractivity contribution < 1.29 is 0 Å². The summed E-state index contributed by atoms with van der Waals surface area (Å²) in [6.45, 7) is 5.49. The van der Waals surface area contributed by atoms with Crippen LogP contribution < -0.4 is 0 Å². The zero-order valence-electron chi connectivity index (χ0n) is 10.7. The molecule has 1 aliphatic heterocycles. The minimum Gasteiger partial charge on any atom is -0.297 e. The molecule has 17 heavy (non-hydrogen) atoms. The Balaban J connectivity index is 1.62. The van der Waals surface area contributed by atoms with Crippen LogP contribution in [0.4, 0.5) is 0 Å². The van der Waals surface area contributed by atoms with Gasteiger partial charge in [-0.1, -0.05) is 12.8 Å².